The second kappa shape index (κ2) is 3.97. The third-order valence-corrected chi connectivity index (χ3v) is 3.31. The lowest BCUT2D eigenvalue weighted by Crippen LogP contribution is -2.50. The summed E-state index contributed by atoms with van der Waals surface area (Å²) in [6, 6.07) is 0.914. The third kappa shape index (κ3) is 2.23. The SMILES string of the molecule is CCN(C(C)C)C1CCCC1(C)O. The molecule has 1 aliphatic rings. The van der Waals surface area contributed by atoms with E-state index in [2.05, 4.69) is 25.7 Å². The number of aliphatic hydroxyl groups is 1. The van der Waals surface area contributed by atoms with Crippen molar-refractivity contribution in [3.05, 3.63) is 0 Å². The fourth-order valence-corrected chi connectivity index (χ4v) is 2.60. The van der Waals surface area contributed by atoms with Gasteiger partial charge in [0, 0.05) is 12.1 Å². The molecule has 0 heterocycles. The molecule has 0 spiro atoms. The first-order chi connectivity index (χ1) is 5.99. The van der Waals surface area contributed by atoms with Crippen LogP contribution >= 0.6 is 0 Å². The van der Waals surface area contributed by atoms with E-state index >= 15 is 0 Å². The zero-order valence-electron chi connectivity index (χ0n) is 9.38. The van der Waals surface area contributed by atoms with E-state index in [1.807, 2.05) is 6.92 Å². The Bertz CT molecular complexity index is 165. The van der Waals surface area contributed by atoms with Gasteiger partial charge in [-0.2, -0.15) is 0 Å². The summed E-state index contributed by atoms with van der Waals surface area (Å²) < 4.78 is 0. The number of likely N-dealkylation sites (N-methyl/N-ethyl adjacent to an activating group) is 1. The second-order valence-electron chi connectivity index (χ2n) is 4.69. The molecule has 78 valence electrons. The van der Waals surface area contributed by atoms with Crippen molar-refractivity contribution in [2.24, 2.45) is 0 Å². The minimum Gasteiger partial charge on any atom is -0.389 e. The maximum atomic E-state index is 10.2. The molecule has 0 aromatic carbocycles. The predicted octanol–water partition coefficient (Wildman–Crippen LogP) is 2.02. The van der Waals surface area contributed by atoms with Crippen LogP contribution < -0.4 is 0 Å². The molecule has 0 aromatic rings. The monoisotopic (exact) mass is 185 g/mol. The Morgan fingerprint density at radius 3 is 2.46 bits per heavy atom. The number of hydrogen-bond acceptors (Lipinski definition) is 2. The average molecular weight is 185 g/mol. The highest BCUT2D eigenvalue weighted by molar-refractivity contribution is 4.95. The lowest BCUT2D eigenvalue weighted by atomic mass is 9.98. The highest BCUT2D eigenvalue weighted by atomic mass is 16.3. The number of hydrogen-bond donors (Lipinski definition) is 1. The normalized spacial score (nSPS) is 34.8. The summed E-state index contributed by atoms with van der Waals surface area (Å²) in [6.07, 6.45) is 3.28. The first kappa shape index (κ1) is 11.0. The van der Waals surface area contributed by atoms with Gasteiger partial charge in [0.25, 0.3) is 0 Å². The van der Waals surface area contributed by atoms with Gasteiger partial charge in [-0.05, 0) is 46.6 Å². The first-order valence-corrected chi connectivity index (χ1v) is 5.47. The van der Waals surface area contributed by atoms with Crippen molar-refractivity contribution < 1.29 is 5.11 Å². The largest absolute Gasteiger partial charge is 0.389 e. The van der Waals surface area contributed by atoms with E-state index in [-0.39, 0.29) is 0 Å². The van der Waals surface area contributed by atoms with Gasteiger partial charge in [-0.25, -0.2) is 0 Å². The highest BCUT2D eigenvalue weighted by Gasteiger charge is 2.40. The van der Waals surface area contributed by atoms with Gasteiger partial charge in [0.1, 0.15) is 0 Å². The Morgan fingerprint density at radius 1 is 1.54 bits per heavy atom. The van der Waals surface area contributed by atoms with Crippen LogP contribution in [0.5, 0.6) is 0 Å². The summed E-state index contributed by atoms with van der Waals surface area (Å²) in [5.74, 6) is 0. The summed E-state index contributed by atoms with van der Waals surface area (Å²) in [7, 11) is 0. The van der Waals surface area contributed by atoms with Gasteiger partial charge in [0.05, 0.1) is 5.60 Å². The maximum Gasteiger partial charge on any atom is 0.0774 e. The molecule has 13 heavy (non-hydrogen) atoms. The van der Waals surface area contributed by atoms with Crippen molar-refractivity contribution >= 4 is 0 Å². The van der Waals surface area contributed by atoms with Crippen LogP contribution in [0.15, 0.2) is 0 Å². The standard InChI is InChI=1S/C11H23NO/c1-5-12(9(2)3)10-7-6-8-11(10,4)13/h9-10,13H,5-8H2,1-4H3. The van der Waals surface area contributed by atoms with Crippen molar-refractivity contribution in [2.75, 3.05) is 6.54 Å². The molecular formula is C11H23NO. The van der Waals surface area contributed by atoms with Crippen LogP contribution in [0.4, 0.5) is 0 Å². The van der Waals surface area contributed by atoms with E-state index in [0.29, 0.717) is 12.1 Å². The van der Waals surface area contributed by atoms with Gasteiger partial charge < -0.3 is 5.11 Å². The zero-order chi connectivity index (χ0) is 10.1. The van der Waals surface area contributed by atoms with Crippen LogP contribution in [0.3, 0.4) is 0 Å². The Balaban J connectivity index is 2.68. The van der Waals surface area contributed by atoms with Gasteiger partial charge >= 0.3 is 0 Å². The molecule has 0 bridgehead atoms. The van der Waals surface area contributed by atoms with Gasteiger partial charge in [0.2, 0.25) is 0 Å². The molecule has 1 rings (SSSR count). The van der Waals surface area contributed by atoms with Gasteiger partial charge in [-0.15, -0.1) is 0 Å². The van der Waals surface area contributed by atoms with Crippen LogP contribution in [-0.2, 0) is 0 Å². The average Bonchev–Trinajstić information content (AvgIpc) is 2.32. The summed E-state index contributed by atoms with van der Waals surface area (Å²) >= 11 is 0. The van der Waals surface area contributed by atoms with Crippen molar-refractivity contribution in [2.45, 2.75) is 64.6 Å². The Hall–Kier alpha value is -0.0800. The molecule has 1 N–H and O–H groups in total. The molecule has 0 saturated heterocycles. The molecule has 0 aromatic heterocycles. The summed E-state index contributed by atoms with van der Waals surface area (Å²) in [6.45, 7) is 9.61. The molecule has 0 amide bonds. The zero-order valence-corrected chi connectivity index (χ0v) is 9.38. The van der Waals surface area contributed by atoms with Crippen molar-refractivity contribution in [1.29, 1.82) is 0 Å². The van der Waals surface area contributed by atoms with Gasteiger partial charge in [0.15, 0.2) is 0 Å². The molecule has 2 heteroatoms. The molecule has 0 radical (unpaired) electrons. The molecule has 1 aliphatic carbocycles. The molecule has 2 nitrogen and oxygen atoms in total. The molecule has 0 aliphatic heterocycles. The van der Waals surface area contributed by atoms with E-state index in [9.17, 15) is 5.11 Å². The van der Waals surface area contributed by atoms with Gasteiger partial charge in [-0.3, -0.25) is 4.90 Å². The topological polar surface area (TPSA) is 23.5 Å². The lowest BCUT2D eigenvalue weighted by molar-refractivity contribution is -0.0221. The van der Waals surface area contributed by atoms with Crippen LogP contribution in [-0.4, -0.2) is 34.2 Å². The predicted molar refractivity (Wildman–Crippen MR) is 55.8 cm³/mol. The minimum absolute atomic E-state index is 0.373. The fraction of sp³-hybridized carbons (Fsp3) is 1.00. The second-order valence-corrected chi connectivity index (χ2v) is 4.69. The Labute approximate surface area is 81.9 Å². The summed E-state index contributed by atoms with van der Waals surface area (Å²) in [5, 5.41) is 10.2. The summed E-state index contributed by atoms with van der Waals surface area (Å²) in [5.41, 5.74) is -0.458. The van der Waals surface area contributed by atoms with Crippen molar-refractivity contribution in [3.8, 4) is 0 Å². The quantitative estimate of drug-likeness (QED) is 0.727. The molecular weight excluding hydrogens is 162 g/mol. The van der Waals surface area contributed by atoms with E-state index in [0.717, 1.165) is 19.4 Å². The van der Waals surface area contributed by atoms with Crippen molar-refractivity contribution in [3.63, 3.8) is 0 Å². The van der Waals surface area contributed by atoms with Crippen LogP contribution in [0.2, 0.25) is 0 Å². The van der Waals surface area contributed by atoms with Crippen LogP contribution in [0, 0.1) is 0 Å². The van der Waals surface area contributed by atoms with E-state index in [1.54, 1.807) is 0 Å². The molecule has 1 fully saturated rings. The van der Waals surface area contributed by atoms with Crippen LogP contribution in [0.25, 0.3) is 0 Å². The third-order valence-electron chi connectivity index (χ3n) is 3.31. The number of rotatable bonds is 3. The fourth-order valence-electron chi connectivity index (χ4n) is 2.60. The minimum atomic E-state index is -0.458. The maximum absolute atomic E-state index is 10.2. The molecule has 1 saturated carbocycles. The molecule has 2 unspecified atom stereocenters. The molecule has 2 atom stereocenters. The Kier molecular flexibility index (Phi) is 3.36. The first-order valence-electron chi connectivity index (χ1n) is 5.47. The lowest BCUT2D eigenvalue weighted by Gasteiger charge is -2.38. The van der Waals surface area contributed by atoms with E-state index < -0.39 is 5.60 Å². The van der Waals surface area contributed by atoms with Gasteiger partial charge in [-0.1, -0.05) is 6.92 Å². The number of nitrogens with zero attached hydrogens (tertiary/aromatic N) is 1. The Morgan fingerprint density at radius 2 is 2.15 bits per heavy atom. The summed E-state index contributed by atoms with van der Waals surface area (Å²) in [4.78, 5) is 2.41. The van der Waals surface area contributed by atoms with E-state index in [1.165, 1.54) is 6.42 Å². The van der Waals surface area contributed by atoms with Crippen LogP contribution in [0.1, 0.15) is 47.0 Å². The van der Waals surface area contributed by atoms with E-state index in [4.69, 9.17) is 0 Å². The smallest absolute Gasteiger partial charge is 0.0774 e. The van der Waals surface area contributed by atoms with Crippen molar-refractivity contribution in [1.82, 2.24) is 4.90 Å². The highest BCUT2D eigenvalue weighted by Crippen LogP contribution is 2.34.